The van der Waals surface area contributed by atoms with E-state index in [4.69, 9.17) is 9.98 Å². The first-order valence-corrected chi connectivity index (χ1v) is 29.5. The zero-order valence-corrected chi connectivity index (χ0v) is 53.4. The van der Waals surface area contributed by atoms with Crippen molar-refractivity contribution < 1.29 is 0 Å². The van der Waals surface area contributed by atoms with E-state index in [2.05, 4.69) is 298 Å². The fourth-order valence-corrected chi connectivity index (χ4v) is 11.0. The van der Waals surface area contributed by atoms with Crippen molar-refractivity contribution in [2.45, 2.75) is 209 Å². The number of rotatable bonds is 4. The Balaban J connectivity index is 1.52. The molecule has 2 N–H and O–H groups in total. The van der Waals surface area contributed by atoms with E-state index in [1.165, 1.54) is 44.5 Å². The molecule has 418 valence electrons. The lowest BCUT2D eigenvalue weighted by Crippen LogP contribution is -2.23. The van der Waals surface area contributed by atoms with Gasteiger partial charge in [-0.1, -0.05) is 239 Å². The minimum absolute atomic E-state index is 0.0961. The molecular formula is C76H94N4. The summed E-state index contributed by atoms with van der Waals surface area (Å²) < 4.78 is 0. The maximum Gasteiger partial charge on any atom is 0.0737 e. The van der Waals surface area contributed by atoms with Gasteiger partial charge in [-0.25, -0.2) is 9.98 Å². The molecule has 0 saturated carbocycles. The average Bonchev–Trinajstić information content (AvgIpc) is 4.17. The van der Waals surface area contributed by atoms with Crippen LogP contribution in [0.3, 0.4) is 0 Å². The summed E-state index contributed by atoms with van der Waals surface area (Å²) in [5.74, 6) is 0. The lowest BCUT2D eigenvalue weighted by Gasteiger charge is -2.27. The third kappa shape index (κ3) is 11.8. The minimum Gasteiger partial charge on any atom is -0.360 e. The van der Waals surface area contributed by atoms with Gasteiger partial charge >= 0.3 is 0 Å². The molecule has 2 aromatic heterocycles. The molecule has 4 heteroatoms. The van der Waals surface area contributed by atoms with Gasteiger partial charge in [0.25, 0.3) is 0 Å². The van der Waals surface area contributed by atoms with Crippen LogP contribution < -0.4 is 10.7 Å². The SMILES string of the molecule is CC(C)(C)c1cc(C2=C3C=CC(=N3)C(c3cc(C(C)(C)C)cc(C(C)(C)C)c3)=c3ccc([nH]3)=C(c3cc(C(C)(C)C)cc(C(C)(C)C)c3)C3=NC(=C(c4cc(C(C)(C)C)cc(C(C)(C)C)c4)c4cc2c[nH]4)C=C3)cc(C(C)(C)C)c1. The molecule has 0 amide bonds. The molecule has 9 rings (SSSR count). The number of benzene rings is 4. The van der Waals surface area contributed by atoms with E-state index in [9.17, 15) is 0 Å². The monoisotopic (exact) mass is 1060 g/mol. The molecule has 5 heterocycles. The molecule has 3 aliphatic heterocycles. The van der Waals surface area contributed by atoms with E-state index in [0.29, 0.717) is 0 Å². The first-order chi connectivity index (χ1) is 36.6. The predicted octanol–water partition coefficient (Wildman–Crippen LogP) is 18.4. The molecule has 0 fully saturated rings. The van der Waals surface area contributed by atoms with Crippen LogP contribution in [0.2, 0.25) is 0 Å². The number of H-pyrrole nitrogens is 2. The Bertz CT molecular complexity index is 3420. The lowest BCUT2D eigenvalue weighted by molar-refractivity contribution is 0.567. The van der Waals surface area contributed by atoms with Gasteiger partial charge in [0.15, 0.2) is 0 Å². The van der Waals surface area contributed by atoms with Gasteiger partial charge in [-0.05, 0) is 153 Å². The van der Waals surface area contributed by atoms with Crippen molar-refractivity contribution in [2.24, 2.45) is 9.98 Å². The van der Waals surface area contributed by atoms with Gasteiger partial charge in [0.2, 0.25) is 0 Å². The topological polar surface area (TPSA) is 56.3 Å². The molecule has 0 aliphatic carbocycles. The van der Waals surface area contributed by atoms with Crippen LogP contribution in [0.25, 0.3) is 22.3 Å². The number of fused-ring (bicyclic) bond motifs is 6. The van der Waals surface area contributed by atoms with Gasteiger partial charge in [-0.3, -0.25) is 0 Å². The van der Waals surface area contributed by atoms with Crippen LogP contribution in [-0.2, 0) is 43.3 Å². The Morgan fingerprint density at radius 2 is 0.537 bits per heavy atom. The van der Waals surface area contributed by atoms with Crippen molar-refractivity contribution in [2.75, 3.05) is 0 Å². The molecule has 3 aliphatic rings. The van der Waals surface area contributed by atoms with E-state index < -0.39 is 0 Å². The maximum atomic E-state index is 5.88. The van der Waals surface area contributed by atoms with Gasteiger partial charge in [-0.2, -0.15) is 0 Å². The zero-order chi connectivity index (χ0) is 58.8. The van der Waals surface area contributed by atoms with Gasteiger partial charge in [0.05, 0.1) is 22.8 Å². The van der Waals surface area contributed by atoms with Crippen molar-refractivity contribution in [3.63, 3.8) is 0 Å². The highest BCUT2D eigenvalue weighted by atomic mass is 14.8. The second kappa shape index (κ2) is 19.6. The largest absolute Gasteiger partial charge is 0.360 e. The van der Waals surface area contributed by atoms with Crippen molar-refractivity contribution >= 4 is 33.7 Å². The molecule has 0 saturated heterocycles. The van der Waals surface area contributed by atoms with Crippen LogP contribution in [0.1, 0.15) is 244 Å². The number of hydrogen-bond donors (Lipinski definition) is 2. The summed E-state index contributed by atoms with van der Waals surface area (Å²) in [7, 11) is 0. The Hall–Kier alpha value is -6.52. The summed E-state index contributed by atoms with van der Waals surface area (Å²) in [6.45, 7) is 55.8. The van der Waals surface area contributed by atoms with Crippen molar-refractivity contribution in [1.82, 2.24) is 9.97 Å². The number of hydrogen-bond acceptors (Lipinski definition) is 2. The van der Waals surface area contributed by atoms with Crippen LogP contribution in [-0.4, -0.2) is 21.4 Å². The van der Waals surface area contributed by atoms with Crippen LogP contribution in [0.15, 0.2) is 143 Å². The van der Waals surface area contributed by atoms with Gasteiger partial charge < -0.3 is 9.97 Å². The summed E-state index contributed by atoms with van der Waals surface area (Å²) in [6.07, 6.45) is 11.3. The van der Waals surface area contributed by atoms with E-state index >= 15 is 0 Å². The number of allylic oxidation sites excluding steroid dienone is 4. The fraction of sp³-hybridized carbons (Fsp3) is 0.421. The average molecular weight is 1060 g/mol. The van der Waals surface area contributed by atoms with Crippen molar-refractivity contribution in [1.29, 1.82) is 0 Å². The first-order valence-electron chi connectivity index (χ1n) is 29.5. The van der Waals surface area contributed by atoms with Crippen LogP contribution in [0.5, 0.6) is 0 Å². The molecule has 80 heavy (non-hydrogen) atoms. The minimum atomic E-state index is -0.0985. The highest BCUT2D eigenvalue weighted by molar-refractivity contribution is 6.31. The molecule has 8 bridgehead atoms. The predicted molar refractivity (Wildman–Crippen MR) is 346 cm³/mol. The van der Waals surface area contributed by atoms with Crippen molar-refractivity contribution in [3.8, 4) is 0 Å². The molecule has 0 unspecified atom stereocenters. The summed E-state index contributed by atoms with van der Waals surface area (Å²) in [6, 6.07) is 35.9. The summed E-state index contributed by atoms with van der Waals surface area (Å²) in [5.41, 5.74) is 24.2. The molecule has 4 aromatic carbocycles. The number of nitrogens with zero attached hydrogens (tertiary/aromatic N) is 2. The second-order valence-electron chi connectivity index (χ2n) is 31.7. The lowest BCUT2D eigenvalue weighted by atomic mass is 9.78. The van der Waals surface area contributed by atoms with E-state index in [1.807, 2.05) is 0 Å². The molecule has 6 aromatic rings. The number of aliphatic imine (C=N–C) groups is 2. The first kappa shape index (κ1) is 58.1. The third-order valence-corrected chi connectivity index (χ3v) is 16.6. The third-order valence-electron chi connectivity index (χ3n) is 16.6. The van der Waals surface area contributed by atoms with Crippen LogP contribution in [0, 0.1) is 0 Å². The normalized spacial score (nSPS) is 15.9. The van der Waals surface area contributed by atoms with E-state index in [-0.39, 0.29) is 43.3 Å². The molecule has 0 atom stereocenters. The fourth-order valence-electron chi connectivity index (χ4n) is 11.0. The molecular weight excluding hydrogens is 969 g/mol. The highest BCUT2D eigenvalue weighted by Gasteiger charge is 2.31. The highest BCUT2D eigenvalue weighted by Crippen LogP contribution is 2.43. The standard InChI is InChI=1S/C76H94N4/c1-69(2,3)50-31-45(32-51(40-50)70(4,5)6)65-49-39-64(77-44-49)68(48-37-56(75(19,20)21)43-57(38-48)76(22,23)24)63-30-29-62(80-63)67(47-35-54(73(13,14)15)42-55(36-47)74(16,17)18)61-28-27-60(79-61)66(59-26-25-58(65)78-59)46-33-52(71(7,8)9)41-53(34-46)72(10,11)12/h25-44,77,79H,1-24H3. The summed E-state index contributed by atoms with van der Waals surface area (Å²) >= 11 is 0. The smallest absolute Gasteiger partial charge is 0.0737 e. The van der Waals surface area contributed by atoms with E-state index in [1.54, 1.807) is 0 Å². The molecule has 0 radical (unpaired) electrons. The molecule has 4 nitrogen and oxygen atoms in total. The second-order valence-corrected chi connectivity index (χ2v) is 31.7. The van der Waals surface area contributed by atoms with Gasteiger partial charge in [0, 0.05) is 50.4 Å². The van der Waals surface area contributed by atoms with Crippen LogP contribution >= 0.6 is 0 Å². The van der Waals surface area contributed by atoms with Crippen molar-refractivity contribution in [3.05, 3.63) is 222 Å². The summed E-state index contributed by atoms with van der Waals surface area (Å²) in [4.78, 5) is 19.8. The summed E-state index contributed by atoms with van der Waals surface area (Å²) in [5, 5.41) is 2.01. The maximum absolute atomic E-state index is 5.88. The van der Waals surface area contributed by atoms with Gasteiger partial charge in [-0.15, -0.1) is 0 Å². The number of aromatic amines is 2. The quantitative estimate of drug-likeness (QED) is 0.177. The Morgan fingerprint density at radius 3 is 0.825 bits per heavy atom. The number of nitrogens with one attached hydrogen (secondary N) is 2. The molecule has 0 spiro atoms. The van der Waals surface area contributed by atoms with Gasteiger partial charge in [0.1, 0.15) is 0 Å². The van der Waals surface area contributed by atoms with E-state index in [0.717, 1.165) is 89.3 Å². The zero-order valence-electron chi connectivity index (χ0n) is 53.4. The van der Waals surface area contributed by atoms with Crippen LogP contribution in [0.4, 0.5) is 0 Å². The Labute approximate surface area is 482 Å². The Kier molecular flexibility index (Phi) is 14.2. The number of aromatic nitrogens is 2. The Morgan fingerprint density at radius 1 is 0.275 bits per heavy atom.